The average molecular weight is 321 g/mol. The number of nitrogen functional groups attached to an aromatic ring is 1. The van der Waals surface area contributed by atoms with Crippen LogP contribution in [0.4, 0.5) is 11.6 Å². The monoisotopic (exact) mass is 321 g/mol. The lowest BCUT2D eigenvalue weighted by Crippen LogP contribution is -2.13. The first kappa shape index (κ1) is 15.9. The summed E-state index contributed by atoms with van der Waals surface area (Å²) in [6.45, 7) is 2.09. The molecule has 0 spiro atoms. The fraction of sp³-hybridized carbons (Fsp3) is 0.222. The first-order valence-electron chi connectivity index (χ1n) is 7.84. The van der Waals surface area contributed by atoms with Gasteiger partial charge < -0.3 is 10.6 Å². The Labute approximate surface area is 140 Å². The minimum absolute atomic E-state index is 0.279. The van der Waals surface area contributed by atoms with Gasteiger partial charge in [-0.15, -0.1) is 0 Å². The lowest BCUT2D eigenvalue weighted by molar-refractivity contribution is -0.107. The van der Waals surface area contributed by atoms with Crippen LogP contribution in [0, 0.1) is 0 Å². The Balaban J connectivity index is 2.05. The summed E-state index contributed by atoms with van der Waals surface area (Å²) in [5.41, 5.74) is 10.8. The first-order valence-corrected chi connectivity index (χ1v) is 7.84. The molecule has 3 aromatic rings. The number of hydrogen-bond donors (Lipinski definition) is 1. The second-order valence-corrected chi connectivity index (χ2v) is 5.61. The van der Waals surface area contributed by atoms with Crippen molar-refractivity contribution in [3.8, 4) is 11.3 Å². The fourth-order valence-electron chi connectivity index (χ4n) is 2.59. The van der Waals surface area contributed by atoms with Crippen LogP contribution in [0.2, 0.25) is 0 Å². The molecular weight excluding hydrogens is 302 g/mol. The van der Waals surface area contributed by atoms with Crippen molar-refractivity contribution in [1.29, 1.82) is 0 Å². The molecule has 2 heterocycles. The van der Waals surface area contributed by atoms with Crippen molar-refractivity contribution >= 4 is 29.1 Å². The van der Waals surface area contributed by atoms with Crippen LogP contribution >= 0.6 is 0 Å². The zero-order valence-corrected chi connectivity index (χ0v) is 13.7. The number of carbonyl (C=O) groups is 1. The molecule has 1 aromatic carbocycles. The Morgan fingerprint density at radius 2 is 1.83 bits per heavy atom. The number of rotatable bonds is 5. The topological polar surface area (TPSA) is 85.0 Å². The van der Waals surface area contributed by atoms with Crippen molar-refractivity contribution in [3.05, 3.63) is 42.1 Å². The van der Waals surface area contributed by atoms with Gasteiger partial charge in [-0.05, 0) is 30.7 Å². The van der Waals surface area contributed by atoms with Crippen molar-refractivity contribution in [2.45, 2.75) is 19.8 Å². The second kappa shape index (κ2) is 6.62. The molecule has 0 aliphatic rings. The molecule has 1 amide bonds. The molecule has 24 heavy (non-hydrogen) atoms. The van der Waals surface area contributed by atoms with Crippen molar-refractivity contribution in [2.24, 2.45) is 0 Å². The Kier molecular flexibility index (Phi) is 4.37. The Morgan fingerprint density at radius 1 is 1.08 bits per heavy atom. The minimum atomic E-state index is 0.279. The van der Waals surface area contributed by atoms with E-state index >= 15 is 0 Å². The molecule has 0 radical (unpaired) electrons. The van der Waals surface area contributed by atoms with Gasteiger partial charge in [-0.1, -0.05) is 25.5 Å². The number of pyridine rings is 1. The molecule has 3 rings (SSSR count). The lowest BCUT2D eigenvalue weighted by atomic mass is 10.1. The van der Waals surface area contributed by atoms with Crippen LogP contribution in [0.5, 0.6) is 0 Å². The van der Waals surface area contributed by atoms with Crippen LogP contribution < -0.4 is 10.6 Å². The normalized spacial score (nSPS) is 10.8. The number of aryl methyl sites for hydroxylation is 1. The highest BCUT2D eigenvalue weighted by atomic mass is 16.1. The van der Waals surface area contributed by atoms with Gasteiger partial charge in [0.25, 0.3) is 0 Å². The van der Waals surface area contributed by atoms with Crippen molar-refractivity contribution in [3.63, 3.8) is 0 Å². The third-order valence-corrected chi connectivity index (χ3v) is 3.85. The molecule has 2 N–H and O–H groups in total. The maximum Gasteiger partial charge on any atom is 0.220 e. The summed E-state index contributed by atoms with van der Waals surface area (Å²) in [6.07, 6.45) is 2.55. The van der Waals surface area contributed by atoms with Crippen molar-refractivity contribution in [2.75, 3.05) is 17.7 Å². The molecule has 0 aliphatic carbocycles. The molecule has 0 saturated heterocycles. The van der Waals surface area contributed by atoms with E-state index in [2.05, 4.69) is 16.9 Å². The number of fused-ring (bicyclic) bond motifs is 1. The van der Waals surface area contributed by atoms with Gasteiger partial charge >= 0.3 is 0 Å². The summed E-state index contributed by atoms with van der Waals surface area (Å²) in [7, 11) is 1.72. The van der Waals surface area contributed by atoms with E-state index in [1.165, 1.54) is 4.90 Å². The predicted molar refractivity (Wildman–Crippen MR) is 95.6 cm³/mol. The third kappa shape index (κ3) is 3.03. The number of nitrogens with zero attached hydrogens (tertiary/aromatic N) is 4. The zero-order chi connectivity index (χ0) is 17.1. The number of aromatic nitrogens is 3. The highest BCUT2D eigenvalue weighted by Gasteiger charge is 2.10. The van der Waals surface area contributed by atoms with Crippen LogP contribution in [0.1, 0.15) is 19.0 Å². The van der Waals surface area contributed by atoms with E-state index < -0.39 is 0 Å². The summed E-state index contributed by atoms with van der Waals surface area (Å²) in [6, 6.07) is 11.5. The summed E-state index contributed by atoms with van der Waals surface area (Å²) < 4.78 is 0. The highest BCUT2D eigenvalue weighted by molar-refractivity contribution is 5.81. The average Bonchev–Trinajstić information content (AvgIpc) is 2.61. The number of anilines is 2. The van der Waals surface area contributed by atoms with Crippen molar-refractivity contribution in [1.82, 2.24) is 15.0 Å². The zero-order valence-electron chi connectivity index (χ0n) is 13.7. The van der Waals surface area contributed by atoms with E-state index in [1.807, 2.05) is 36.4 Å². The number of hydrogen-bond acceptors (Lipinski definition) is 5. The molecule has 6 heteroatoms. The first-order chi connectivity index (χ1) is 11.6. The van der Waals surface area contributed by atoms with Crippen LogP contribution in [-0.4, -0.2) is 28.4 Å². The summed E-state index contributed by atoms with van der Waals surface area (Å²) >= 11 is 0. The van der Waals surface area contributed by atoms with Crippen LogP contribution in [0.3, 0.4) is 0 Å². The van der Waals surface area contributed by atoms with Gasteiger partial charge in [0.1, 0.15) is 5.52 Å². The van der Waals surface area contributed by atoms with Crippen molar-refractivity contribution < 1.29 is 4.79 Å². The van der Waals surface area contributed by atoms with E-state index in [1.54, 1.807) is 7.05 Å². The number of nitrogens with two attached hydrogens (primary N) is 1. The molecule has 0 saturated carbocycles. The van der Waals surface area contributed by atoms with Crippen LogP contribution in [-0.2, 0) is 11.2 Å². The number of benzene rings is 1. The maximum atomic E-state index is 10.8. The van der Waals surface area contributed by atoms with E-state index in [-0.39, 0.29) is 5.95 Å². The molecule has 0 atom stereocenters. The van der Waals surface area contributed by atoms with E-state index in [0.717, 1.165) is 52.9 Å². The quantitative estimate of drug-likeness (QED) is 0.730. The van der Waals surface area contributed by atoms with Gasteiger partial charge in [-0.25, -0.2) is 15.0 Å². The van der Waals surface area contributed by atoms with E-state index in [9.17, 15) is 4.79 Å². The number of amides is 1. The Bertz CT molecular complexity index is 876. The molecule has 0 fully saturated rings. The summed E-state index contributed by atoms with van der Waals surface area (Å²) in [4.78, 5) is 25.7. The maximum absolute atomic E-state index is 10.8. The number of carbonyl (C=O) groups excluding carboxylic acids is 1. The fourth-order valence-corrected chi connectivity index (χ4v) is 2.59. The third-order valence-electron chi connectivity index (χ3n) is 3.85. The molecule has 122 valence electrons. The predicted octanol–water partition coefficient (Wildman–Crippen LogP) is 2.82. The Hall–Kier alpha value is -3.02. The smallest absolute Gasteiger partial charge is 0.220 e. The SMILES string of the molecule is CCCc1nc(N)nc2ccc(-c3ccc(N(C)C=O)cc3)nc12. The lowest BCUT2D eigenvalue weighted by Gasteiger charge is -2.11. The van der Waals surface area contributed by atoms with Gasteiger partial charge in [0.05, 0.1) is 16.9 Å². The van der Waals surface area contributed by atoms with Crippen LogP contribution in [0.25, 0.3) is 22.3 Å². The van der Waals surface area contributed by atoms with E-state index in [4.69, 9.17) is 10.7 Å². The molecule has 6 nitrogen and oxygen atoms in total. The van der Waals surface area contributed by atoms with Crippen LogP contribution in [0.15, 0.2) is 36.4 Å². The largest absolute Gasteiger partial charge is 0.368 e. The second-order valence-electron chi connectivity index (χ2n) is 5.61. The molecule has 0 unspecified atom stereocenters. The van der Waals surface area contributed by atoms with Gasteiger partial charge in [-0.2, -0.15) is 0 Å². The standard InChI is InChI=1S/C18H19N5O/c1-3-4-15-17-16(22-18(19)21-15)10-9-14(20-17)12-5-7-13(8-6-12)23(2)11-24/h5-11H,3-4H2,1-2H3,(H2,19,21,22). The van der Waals surface area contributed by atoms with E-state index in [0.29, 0.717) is 0 Å². The van der Waals surface area contributed by atoms with Gasteiger partial charge in [0, 0.05) is 18.3 Å². The summed E-state index contributed by atoms with van der Waals surface area (Å²) in [5, 5.41) is 0. The van der Waals surface area contributed by atoms with Gasteiger partial charge in [-0.3, -0.25) is 4.79 Å². The minimum Gasteiger partial charge on any atom is -0.368 e. The summed E-state index contributed by atoms with van der Waals surface area (Å²) in [5.74, 6) is 0.279. The molecule has 0 bridgehead atoms. The molecule has 0 aliphatic heterocycles. The van der Waals surface area contributed by atoms with Gasteiger partial charge in [0.2, 0.25) is 12.4 Å². The molecular formula is C18H19N5O. The van der Waals surface area contributed by atoms with Gasteiger partial charge in [0.15, 0.2) is 0 Å². The molecule has 2 aromatic heterocycles. The highest BCUT2D eigenvalue weighted by Crippen LogP contribution is 2.24. The Morgan fingerprint density at radius 3 is 2.50 bits per heavy atom.